The van der Waals surface area contributed by atoms with Crippen molar-refractivity contribution in [3.63, 3.8) is 0 Å². The molecule has 0 heterocycles. The summed E-state index contributed by atoms with van der Waals surface area (Å²) >= 11 is 0. The maximum atomic E-state index is 5.57. The lowest BCUT2D eigenvalue weighted by Crippen LogP contribution is -1.96. The molecular formula is C12H27OP. The Morgan fingerprint density at radius 1 is 1.14 bits per heavy atom. The molecule has 0 aliphatic heterocycles. The Hall–Kier alpha value is 0.390. The van der Waals surface area contributed by atoms with Gasteiger partial charge in [0.25, 0.3) is 0 Å². The molecule has 0 spiro atoms. The van der Waals surface area contributed by atoms with Crippen LogP contribution < -0.4 is 0 Å². The summed E-state index contributed by atoms with van der Waals surface area (Å²) in [6, 6.07) is 0. The molecule has 1 saturated carbocycles. The van der Waals surface area contributed by atoms with Crippen molar-refractivity contribution in [1.29, 1.82) is 0 Å². The molecule has 14 heavy (non-hydrogen) atoms. The Bertz CT molecular complexity index is 109. The van der Waals surface area contributed by atoms with Gasteiger partial charge in [-0.1, -0.05) is 39.5 Å². The Balaban J connectivity index is 0.000000791. The summed E-state index contributed by atoms with van der Waals surface area (Å²) in [4.78, 5) is 0. The van der Waals surface area contributed by atoms with Crippen LogP contribution in [0.25, 0.3) is 0 Å². The van der Waals surface area contributed by atoms with Gasteiger partial charge in [0.1, 0.15) is 0 Å². The van der Waals surface area contributed by atoms with Crippen LogP contribution in [-0.2, 0) is 4.52 Å². The third-order valence-corrected chi connectivity index (χ3v) is 3.28. The molecule has 2 heteroatoms. The van der Waals surface area contributed by atoms with Crippen LogP contribution in [0.5, 0.6) is 0 Å². The summed E-state index contributed by atoms with van der Waals surface area (Å²) in [5.74, 6) is 1.04. The van der Waals surface area contributed by atoms with Gasteiger partial charge in [0.2, 0.25) is 0 Å². The maximum Gasteiger partial charge on any atom is 0.0508 e. The van der Waals surface area contributed by atoms with Crippen LogP contribution in [0.3, 0.4) is 0 Å². The molecule has 1 fully saturated rings. The Morgan fingerprint density at radius 2 is 1.71 bits per heavy atom. The lowest BCUT2D eigenvalue weighted by atomic mass is 10.0. The minimum atomic E-state index is -0.124. The van der Waals surface area contributed by atoms with Crippen LogP contribution in [-0.4, -0.2) is 19.9 Å². The van der Waals surface area contributed by atoms with E-state index in [4.69, 9.17) is 4.52 Å². The first-order valence-electron chi connectivity index (χ1n) is 6.09. The average molecular weight is 218 g/mol. The summed E-state index contributed by atoms with van der Waals surface area (Å²) in [6.07, 6.45) is 8.59. The summed E-state index contributed by atoms with van der Waals surface area (Å²) in [5, 5.41) is 0. The van der Waals surface area contributed by atoms with Gasteiger partial charge in [-0.05, 0) is 32.1 Å². The third kappa shape index (κ3) is 7.76. The number of hydrogen-bond donors (Lipinski definition) is 0. The van der Waals surface area contributed by atoms with Crippen molar-refractivity contribution in [2.24, 2.45) is 5.92 Å². The molecule has 86 valence electrons. The first-order chi connectivity index (χ1) is 6.79. The average Bonchev–Trinajstić information content (AvgIpc) is 2.68. The van der Waals surface area contributed by atoms with Crippen molar-refractivity contribution < 1.29 is 4.52 Å². The second-order valence-corrected chi connectivity index (χ2v) is 5.82. The zero-order valence-corrected chi connectivity index (χ0v) is 11.3. The van der Waals surface area contributed by atoms with E-state index >= 15 is 0 Å². The molecule has 0 N–H and O–H groups in total. The Morgan fingerprint density at radius 3 is 2.21 bits per heavy atom. The Labute approximate surface area is 91.5 Å². The standard InChI is InChI=1S/C10H21OP.C2H6/c1-12(2)11-9-5-8-10-6-3-4-7-10;1-2/h10H,3-9H2,1-2H3;1-2H3. The fourth-order valence-electron chi connectivity index (χ4n) is 1.92. The molecule has 1 nitrogen and oxygen atoms in total. The number of rotatable bonds is 5. The molecule has 1 aliphatic rings. The smallest absolute Gasteiger partial charge is 0.0508 e. The van der Waals surface area contributed by atoms with Gasteiger partial charge in [-0.3, -0.25) is 0 Å². The van der Waals surface area contributed by atoms with Crippen LogP contribution in [0, 0.1) is 5.92 Å². The van der Waals surface area contributed by atoms with Crippen molar-refractivity contribution in [3.05, 3.63) is 0 Å². The van der Waals surface area contributed by atoms with E-state index in [2.05, 4.69) is 13.3 Å². The van der Waals surface area contributed by atoms with Crippen molar-refractivity contribution in [3.8, 4) is 0 Å². The summed E-state index contributed by atoms with van der Waals surface area (Å²) in [6.45, 7) is 9.34. The topological polar surface area (TPSA) is 9.23 Å². The fraction of sp³-hybridized carbons (Fsp3) is 1.00. The van der Waals surface area contributed by atoms with Gasteiger partial charge < -0.3 is 4.52 Å². The van der Waals surface area contributed by atoms with Crippen molar-refractivity contribution >= 4 is 8.15 Å². The van der Waals surface area contributed by atoms with Crippen molar-refractivity contribution in [2.45, 2.75) is 52.4 Å². The molecule has 0 saturated heterocycles. The highest BCUT2D eigenvalue weighted by molar-refractivity contribution is 7.50. The maximum absolute atomic E-state index is 5.57. The first kappa shape index (κ1) is 14.4. The van der Waals surface area contributed by atoms with Gasteiger partial charge in [0.15, 0.2) is 0 Å². The highest BCUT2D eigenvalue weighted by atomic mass is 31.1. The van der Waals surface area contributed by atoms with Crippen LogP contribution in [0.15, 0.2) is 0 Å². The zero-order chi connectivity index (χ0) is 10.8. The largest absolute Gasteiger partial charge is 0.360 e. The molecule has 0 unspecified atom stereocenters. The van der Waals surface area contributed by atoms with E-state index in [0.717, 1.165) is 12.5 Å². The molecule has 1 aliphatic carbocycles. The monoisotopic (exact) mass is 218 g/mol. The second kappa shape index (κ2) is 9.93. The van der Waals surface area contributed by atoms with E-state index in [-0.39, 0.29) is 8.15 Å². The summed E-state index contributed by atoms with van der Waals surface area (Å²) < 4.78 is 5.57. The van der Waals surface area contributed by atoms with Gasteiger partial charge in [-0.15, -0.1) is 0 Å². The number of hydrogen-bond acceptors (Lipinski definition) is 1. The van der Waals surface area contributed by atoms with E-state index in [1.807, 2.05) is 13.8 Å². The second-order valence-electron chi connectivity index (χ2n) is 3.94. The van der Waals surface area contributed by atoms with E-state index in [1.54, 1.807) is 0 Å². The lowest BCUT2D eigenvalue weighted by Gasteiger charge is -2.10. The minimum absolute atomic E-state index is 0.124. The molecule has 0 radical (unpaired) electrons. The summed E-state index contributed by atoms with van der Waals surface area (Å²) in [5.41, 5.74) is 0. The summed E-state index contributed by atoms with van der Waals surface area (Å²) in [7, 11) is -0.124. The minimum Gasteiger partial charge on any atom is -0.360 e. The van der Waals surface area contributed by atoms with Crippen LogP contribution in [0.4, 0.5) is 0 Å². The molecular weight excluding hydrogens is 191 g/mol. The molecule has 0 aromatic carbocycles. The Kier molecular flexibility index (Phi) is 10.2. The quantitative estimate of drug-likeness (QED) is 0.482. The van der Waals surface area contributed by atoms with Gasteiger partial charge in [-0.2, -0.15) is 0 Å². The van der Waals surface area contributed by atoms with Gasteiger partial charge in [-0.25, -0.2) is 0 Å². The SMILES string of the molecule is CC.CP(C)OCCCC1CCCC1. The van der Waals surface area contributed by atoms with Crippen LogP contribution >= 0.6 is 8.15 Å². The highest BCUT2D eigenvalue weighted by Gasteiger charge is 2.13. The highest BCUT2D eigenvalue weighted by Crippen LogP contribution is 2.30. The third-order valence-electron chi connectivity index (χ3n) is 2.58. The van der Waals surface area contributed by atoms with E-state index < -0.39 is 0 Å². The molecule has 0 amide bonds. The fourth-order valence-corrected chi connectivity index (χ4v) is 2.41. The molecule has 1 rings (SSSR count). The molecule has 0 bridgehead atoms. The predicted octanol–water partition coefficient (Wildman–Crippen LogP) is 4.66. The lowest BCUT2D eigenvalue weighted by molar-refractivity contribution is 0.323. The predicted molar refractivity (Wildman–Crippen MR) is 67.3 cm³/mol. The van der Waals surface area contributed by atoms with Crippen molar-refractivity contribution in [1.82, 2.24) is 0 Å². The molecule has 0 atom stereocenters. The normalized spacial score (nSPS) is 16.9. The van der Waals surface area contributed by atoms with E-state index in [0.29, 0.717) is 0 Å². The van der Waals surface area contributed by atoms with Crippen LogP contribution in [0.2, 0.25) is 0 Å². The first-order valence-corrected chi connectivity index (χ1v) is 8.24. The van der Waals surface area contributed by atoms with Crippen molar-refractivity contribution in [2.75, 3.05) is 19.9 Å². The van der Waals surface area contributed by atoms with Crippen LogP contribution in [0.1, 0.15) is 52.4 Å². The molecule has 0 aromatic rings. The zero-order valence-electron chi connectivity index (χ0n) is 10.4. The van der Waals surface area contributed by atoms with Gasteiger partial charge >= 0.3 is 0 Å². The molecule has 0 aromatic heterocycles. The van der Waals surface area contributed by atoms with E-state index in [9.17, 15) is 0 Å². The van der Waals surface area contributed by atoms with E-state index in [1.165, 1.54) is 38.5 Å². The van der Waals surface area contributed by atoms with Gasteiger partial charge in [0.05, 0.1) is 6.61 Å². The van der Waals surface area contributed by atoms with Gasteiger partial charge in [0, 0.05) is 8.15 Å².